The first-order chi connectivity index (χ1) is 8.13. The molecule has 0 saturated heterocycles. The van der Waals surface area contributed by atoms with Gasteiger partial charge in [0.1, 0.15) is 10.6 Å². The summed E-state index contributed by atoms with van der Waals surface area (Å²) in [4.78, 5) is 12.9. The largest absolute Gasteiger partial charge is 0.495 e. The summed E-state index contributed by atoms with van der Waals surface area (Å²) in [5.74, 6) is 0.535. The average molecular weight is 312 g/mol. The summed E-state index contributed by atoms with van der Waals surface area (Å²) in [6, 6.07) is 6.91. The number of halogens is 1. The van der Waals surface area contributed by atoms with Gasteiger partial charge in [-0.3, -0.25) is 4.79 Å². The molecule has 0 radical (unpaired) electrons. The Morgan fingerprint density at radius 3 is 2.82 bits per heavy atom. The fourth-order valence-corrected chi connectivity index (χ4v) is 2.85. The lowest BCUT2D eigenvalue weighted by Gasteiger charge is -2.05. The van der Waals surface area contributed by atoms with E-state index in [9.17, 15) is 4.79 Å². The second-order valence-corrected chi connectivity index (χ2v) is 5.16. The normalized spacial score (nSPS) is 10.2. The molecule has 0 fully saturated rings. The number of ether oxygens (including phenoxy) is 1. The van der Waals surface area contributed by atoms with Crippen molar-refractivity contribution < 1.29 is 9.53 Å². The Balaban J connectivity index is 2.44. The van der Waals surface area contributed by atoms with Gasteiger partial charge >= 0.3 is 0 Å². The number of carbonyl (C=O) groups excluding carboxylic acids is 1. The van der Waals surface area contributed by atoms with Crippen molar-refractivity contribution in [3.8, 4) is 5.75 Å². The minimum Gasteiger partial charge on any atom is -0.495 e. The fraction of sp³-hybridized carbons (Fsp3) is 0.0833. The van der Waals surface area contributed by atoms with Crippen LogP contribution in [0.4, 0.5) is 5.69 Å². The lowest BCUT2D eigenvalue weighted by molar-refractivity contribution is 0.103. The predicted octanol–water partition coefficient (Wildman–Crippen LogP) is 3.33. The van der Waals surface area contributed by atoms with Gasteiger partial charge in [0.25, 0.3) is 0 Å². The minimum atomic E-state index is -0.0660. The molecule has 0 amide bonds. The van der Waals surface area contributed by atoms with E-state index in [-0.39, 0.29) is 5.78 Å². The number of methoxy groups -OCH3 is 1. The van der Waals surface area contributed by atoms with Gasteiger partial charge in [-0.15, -0.1) is 11.3 Å². The monoisotopic (exact) mass is 311 g/mol. The van der Waals surface area contributed by atoms with E-state index in [1.54, 1.807) is 31.4 Å². The molecule has 0 spiro atoms. The third-order valence-electron chi connectivity index (χ3n) is 2.29. The van der Waals surface area contributed by atoms with Gasteiger partial charge in [-0.2, -0.15) is 0 Å². The second kappa shape index (κ2) is 4.89. The van der Waals surface area contributed by atoms with Crippen LogP contribution < -0.4 is 10.5 Å². The first-order valence-electron chi connectivity index (χ1n) is 4.84. The Labute approximate surface area is 111 Å². The number of ketones is 1. The van der Waals surface area contributed by atoms with Crippen LogP contribution in [-0.2, 0) is 0 Å². The molecule has 88 valence electrons. The second-order valence-electron chi connectivity index (χ2n) is 3.39. The van der Waals surface area contributed by atoms with Crippen molar-refractivity contribution >= 4 is 38.7 Å². The van der Waals surface area contributed by atoms with E-state index in [2.05, 4.69) is 15.9 Å². The SMILES string of the molecule is COc1ccsc1C(=O)c1ccc(N)cc1Br. The first-order valence-corrected chi connectivity index (χ1v) is 6.52. The van der Waals surface area contributed by atoms with E-state index < -0.39 is 0 Å². The number of anilines is 1. The highest BCUT2D eigenvalue weighted by Crippen LogP contribution is 2.30. The average Bonchev–Trinajstić information content (AvgIpc) is 2.76. The Hall–Kier alpha value is -1.33. The maximum absolute atomic E-state index is 12.3. The third-order valence-corrected chi connectivity index (χ3v) is 3.84. The molecule has 2 aromatic rings. The van der Waals surface area contributed by atoms with E-state index in [4.69, 9.17) is 10.5 Å². The Morgan fingerprint density at radius 1 is 1.41 bits per heavy atom. The van der Waals surface area contributed by atoms with Crippen molar-refractivity contribution in [1.82, 2.24) is 0 Å². The third kappa shape index (κ3) is 2.35. The molecule has 17 heavy (non-hydrogen) atoms. The number of hydrogen-bond donors (Lipinski definition) is 1. The van der Waals surface area contributed by atoms with Crippen LogP contribution in [0.2, 0.25) is 0 Å². The molecule has 2 N–H and O–H groups in total. The number of thiophene rings is 1. The number of rotatable bonds is 3. The molecular weight excluding hydrogens is 302 g/mol. The van der Waals surface area contributed by atoms with Crippen molar-refractivity contribution in [2.75, 3.05) is 12.8 Å². The maximum atomic E-state index is 12.3. The summed E-state index contributed by atoms with van der Waals surface area (Å²) in [5, 5.41) is 1.83. The smallest absolute Gasteiger partial charge is 0.207 e. The quantitative estimate of drug-likeness (QED) is 0.698. The number of hydrogen-bond acceptors (Lipinski definition) is 4. The zero-order chi connectivity index (χ0) is 12.4. The maximum Gasteiger partial charge on any atom is 0.207 e. The summed E-state index contributed by atoms with van der Waals surface area (Å²) in [6.45, 7) is 0. The molecule has 0 unspecified atom stereocenters. The molecule has 0 aliphatic rings. The first kappa shape index (κ1) is 12.1. The standard InChI is InChI=1S/C12H10BrNO2S/c1-16-10-4-5-17-12(10)11(15)8-3-2-7(14)6-9(8)13/h2-6H,14H2,1H3. The van der Waals surface area contributed by atoms with Gasteiger partial charge < -0.3 is 10.5 Å². The lowest BCUT2D eigenvalue weighted by Crippen LogP contribution is -2.02. The molecule has 5 heteroatoms. The molecule has 3 nitrogen and oxygen atoms in total. The van der Waals surface area contributed by atoms with Gasteiger partial charge in [0, 0.05) is 15.7 Å². The predicted molar refractivity (Wildman–Crippen MR) is 72.9 cm³/mol. The van der Waals surface area contributed by atoms with Gasteiger partial charge in [0.2, 0.25) is 5.78 Å². The topological polar surface area (TPSA) is 52.3 Å². The number of nitrogens with two attached hydrogens (primary N) is 1. The van der Waals surface area contributed by atoms with E-state index in [1.807, 2.05) is 5.38 Å². The van der Waals surface area contributed by atoms with Gasteiger partial charge in [-0.25, -0.2) is 0 Å². The van der Waals surface area contributed by atoms with Crippen LogP contribution >= 0.6 is 27.3 Å². The van der Waals surface area contributed by atoms with Crippen LogP contribution in [0, 0.1) is 0 Å². The Bertz CT molecular complexity index is 565. The van der Waals surface area contributed by atoms with Gasteiger partial charge in [-0.05, 0) is 45.6 Å². The van der Waals surface area contributed by atoms with Crippen molar-refractivity contribution in [1.29, 1.82) is 0 Å². The minimum absolute atomic E-state index is 0.0660. The van der Waals surface area contributed by atoms with E-state index in [0.717, 1.165) is 0 Å². The summed E-state index contributed by atoms with van der Waals surface area (Å²) < 4.78 is 5.83. The van der Waals surface area contributed by atoms with Crippen LogP contribution in [-0.4, -0.2) is 12.9 Å². The molecular formula is C12H10BrNO2S. The number of benzene rings is 1. The summed E-state index contributed by atoms with van der Waals surface area (Å²) >= 11 is 4.71. The van der Waals surface area contributed by atoms with E-state index in [0.29, 0.717) is 26.4 Å². The van der Waals surface area contributed by atoms with Crippen LogP contribution in [0.15, 0.2) is 34.1 Å². The van der Waals surface area contributed by atoms with Crippen LogP contribution in [0.25, 0.3) is 0 Å². The molecule has 1 aromatic carbocycles. The number of nitrogen functional groups attached to an aromatic ring is 1. The summed E-state index contributed by atoms with van der Waals surface area (Å²) in [6.07, 6.45) is 0. The van der Waals surface area contributed by atoms with Crippen LogP contribution in [0.3, 0.4) is 0 Å². The molecule has 0 saturated carbocycles. The number of carbonyl (C=O) groups is 1. The van der Waals surface area contributed by atoms with Crippen LogP contribution in [0.5, 0.6) is 5.75 Å². The fourth-order valence-electron chi connectivity index (χ4n) is 1.46. The molecule has 0 aliphatic carbocycles. The molecule has 2 rings (SSSR count). The summed E-state index contributed by atoms with van der Waals surface area (Å²) in [5.41, 5.74) is 6.84. The van der Waals surface area contributed by atoms with Crippen molar-refractivity contribution in [2.24, 2.45) is 0 Å². The molecule has 1 heterocycles. The zero-order valence-corrected chi connectivity index (χ0v) is 11.5. The van der Waals surface area contributed by atoms with Crippen LogP contribution in [0.1, 0.15) is 15.2 Å². The molecule has 0 atom stereocenters. The van der Waals surface area contributed by atoms with E-state index >= 15 is 0 Å². The summed E-state index contributed by atoms with van der Waals surface area (Å²) in [7, 11) is 1.55. The van der Waals surface area contributed by atoms with Gasteiger partial charge in [-0.1, -0.05) is 0 Å². The Kier molecular flexibility index (Phi) is 3.49. The van der Waals surface area contributed by atoms with Gasteiger partial charge in [0.05, 0.1) is 7.11 Å². The lowest BCUT2D eigenvalue weighted by atomic mass is 10.1. The van der Waals surface area contributed by atoms with Crippen molar-refractivity contribution in [2.45, 2.75) is 0 Å². The highest BCUT2D eigenvalue weighted by molar-refractivity contribution is 9.10. The zero-order valence-electron chi connectivity index (χ0n) is 9.07. The van der Waals surface area contributed by atoms with Gasteiger partial charge in [0.15, 0.2) is 0 Å². The van der Waals surface area contributed by atoms with Crippen molar-refractivity contribution in [3.05, 3.63) is 44.6 Å². The highest BCUT2D eigenvalue weighted by Gasteiger charge is 2.18. The molecule has 0 aliphatic heterocycles. The van der Waals surface area contributed by atoms with E-state index in [1.165, 1.54) is 11.3 Å². The Morgan fingerprint density at radius 2 is 2.18 bits per heavy atom. The molecule has 0 bridgehead atoms. The molecule has 1 aromatic heterocycles. The van der Waals surface area contributed by atoms with Crippen molar-refractivity contribution in [3.63, 3.8) is 0 Å². The highest BCUT2D eigenvalue weighted by atomic mass is 79.9.